The zero-order valence-corrected chi connectivity index (χ0v) is 21.2. The molecular formula is C21H36F3IN4O2. The average molecular weight is 560 g/mol. The van der Waals surface area contributed by atoms with Crippen LogP contribution in [0.25, 0.3) is 0 Å². The molecule has 0 aliphatic heterocycles. The molecule has 0 atom stereocenters. The second-order valence-corrected chi connectivity index (χ2v) is 7.13. The Morgan fingerprint density at radius 3 is 2.55 bits per heavy atom. The van der Waals surface area contributed by atoms with Crippen molar-refractivity contribution in [3.63, 3.8) is 0 Å². The van der Waals surface area contributed by atoms with Crippen molar-refractivity contribution in [3.05, 3.63) is 29.3 Å². The molecule has 0 saturated carbocycles. The van der Waals surface area contributed by atoms with E-state index < -0.39 is 12.7 Å². The first-order valence-electron chi connectivity index (χ1n) is 10.2. The van der Waals surface area contributed by atoms with Gasteiger partial charge in [0.1, 0.15) is 5.75 Å². The molecule has 0 aliphatic rings. The predicted octanol–water partition coefficient (Wildman–Crippen LogP) is 3.97. The van der Waals surface area contributed by atoms with E-state index in [9.17, 15) is 13.2 Å². The third-order valence-electron chi connectivity index (χ3n) is 4.18. The fraction of sp³-hybridized carbons (Fsp3) is 0.667. The highest BCUT2D eigenvalue weighted by Crippen LogP contribution is 2.21. The summed E-state index contributed by atoms with van der Waals surface area (Å²) >= 11 is 0. The molecule has 0 unspecified atom stereocenters. The van der Waals surface area contributed by atoms with Gasteiger partial charge in [-0.3, -0.25) is 4.90 Å². The minimum absolute atomic E-state index is 0. The van der Waals surface area contributed by atoms with Gasteiger partial charge in [-0.15, -0.1) is 24.0 Å². The van der Waals surface area contributed by atoms with Crippen molar-refractivity contribution in [1.29, 1.82) is 0 Å². The number of hydrogen-bond acceptors (Lipinski definition) is 4. The molecule has 0 saturated heterocycles. The molecule has 0 spiro atoms. The molecule has 31 heavy (non-hydrogen) atoms. The highest BCUT2D eigenvalue weighted by molar-refractivity contribution is 14.0. The molecule has 1 aromatic carbocycles. The summed E-state index contributed by atoms with van der Waals surface area (Å²) in [6, 6.07) is 6.01. The minimum Gasteiger partial charge on any atom is -0.493 e. The van der Waals surface area contributed by atoms with Gasteiger partial charge < -0.3 is 20.1 Å². The Labute approximate surface area is 201 Å². The molecule has 0 aromatic heterocycles. The number of aryl methyl sites for hydroxylation is 1. The molecule has 10 heteroatoms. The zero-order valence-electron chi connectivity index (χ0n) is 18.8. The number of hydrogen-bond donors (Lipinski definition) is 2. The van der Waals surface area contributed by atoms with Gasteiger partial charge in [-0.05, 0) is 45.5 Å². The van der Waals surface area contributed by atoms with Gasteiger partial charge in [-0.2, -0.15) is 13.2 Å². The fourth-order valence-electron chi connectivity index (χ4n) is 2.76. The Hall–Kier alpha value is -1.27. The van der Waals surface area contributed by atoms with E-state index >= 15 is 0 Å². The largest absolute Gasteiger partial charge is 0.493 e. The van der Waals surface area contributed by atoms with Crippen molar-refractivity contribution >= 4 is 29.9 Å². The molecular weight excluding hydrogens is 524 g/mol. The average Bonchev–Trinajstić information content (AvgIpc) is 2.66. The minimum atomic E-state index is -4.17. The van der Waals surface area contributed by atoms with E-state index in [0.29, 0.717) is 51.8 Å². The summed E-state index contributed by atoms with van der Waals surface area (Å²) in [5, 5.41) is 6.33. The molecule has 0 radical (unpaired) electrons. The third-order valence-corrected chi connectivity index (χ3v) is 4.18. The lowest BCUT2D eigenvalue weighted by atomic mass is 10.1. The van der Waals surface area contributed by atoms with Gasteiger partial charge >= 0.3 is 6.18 Å². The van der Waals surface area contributed by atoms with Crippen molar-refractivity contribution < 1.29 is 22.6 Å². The second-order valence-electron chi connectivity index (χ2n) is 7.13. The zero-order chi connectivity index (χ0) is 22.4. The molecule has 1 rings (SSSR count). The molecule has 2 N–H and O–H groups in total. The van der Waals surface area contributed by atoms with Crippen molar-refractivity contribution in [1.82, 2.24) is 15.5 Å². The normalized spacial score (nSPS) is 11.9. The number of guanidine groups is 1. The van der Waals surface area contributed by atoms with E-state index in [1.165, 1.54) is 11.9 Å². The maximum absolute atomic E-state index is 12.4. The Kier molecular flexibility index (Phi) is 15.7. The number of nitrogens with zero attached hydrogens (tertiary/aromatic N) is 2. The van der Waals surface area contributed by atoms with Crippen molar-refractivity contribution in [3.8, 4) is 5.75 Å². The summed E-state index contributed by atoms with van der Waals surface area (Å²) in [6.07, 6.45) is -2.79. The quantitative estimate of drug-likeness (QED) is 0.166. The van der Waals surface area contributed by atoms with Gasteiger partial charge in [0.2, 0.25) is 0 Å². The number of aliphatic imine (C=N–C) groups is 1. The topological polar surface area (TPSA) is 58.1 Å². The first kappa shape index (κ1) is 29.7. The second kappa shape index (κ2) is 16.4. The first-order chi connectivity index (χ1) is 14.2. The van der Waals surface area contributed by atoms with Gasteiger partial charge in [0.25, 0.3) is 0 Å². The van der Waals surface area contributed by atoms with E-state index in [4.69, 9.17) is 9.47 Å². The van der Waals surface area contributed by atoms with Crippen LogP contribution in [0.15, 0.2) is 23.2 Å². The standard InChI is InChI=1S/C21H35F3N4O2.HI/c1-5-25-20(26-10-6-11-28(3)16-21(22,23)24)27-15-18-9-8-17(2)14-19(18)30-13-7-12-29-4;/h8-9,14H,5-7,10-13,15-16H2,1-4H3,(H2,25,26,27);1H. The molecule has 0 heterocycles. The maximum Gasteiger partial charge on any atom is 0.401 e. The Morgan fingerprint density at radius 2 is 1.90 bits per heavy atom. The van der Waals surface area contributed by atoms with E-state index in [-0.39, 0.29) is 24.0 Å². The van der Waals surface area contributed by atoms with Gasteiger partial charge in [-0.25, -0.2) is 4.99 Å². The molecule has 6 nitrogen and oxygen atoms in total. The summed E-state index contributed by atoms with van der Waals surface area (Å²) in [5.41, 5.74) is 2.08. The third kappa shape index (κ3) is 14.4. The van der Waals surface area contributed by atoms with Crippen LogP contribution < -0.4 is 15.4 Å². The smallest absolute Gasteiger partial charge is 0.401 e. The lowest BCUT2D eigenvalue weighted by molar-refractivity contribution is -0.143. The van der Waals surface area contributed by atoms with Gasteiger partial charge in [0.15, 0.2) is 5.96 Å². The summed E-state index contributed by atoms with van der Waals surface area (Å²) in [4.78, 5) is 5.86. The predicted molar refractivity (Wildman–Crippen MR) is 130 cm³/mol. The Bertz CT molecular complexity index is 646. The lowest BCUT2D eigenvalue weighted by Gasteiger charge is -2.19. The number of nitrogens with one attached hydrogen (secondary N) is 2. The van der Waals surface area contributed by atoms with Crippen LogP contribution in [0.3, 0.4) is 0 Å². The van der Waals surface area contributed by atoms with Crippen LogP contribution in [0.4, 0.5) is 13.2 Å². The highest BCUT2D eigenvalue weighted by atomic mass is 127. The lowest BCUT2D eigenvalue weighted by Crippen LogP contribution is -2.39. The van der Waals surface area contributed by atoms with E-state index in [1.54, 1.807) is 7.11 Å². The van der Waals surface area contributed by atoms with E-state index in [0.717, 1.165) is 23.3 Å². The summed E-state index contributed by atoms with van der Waals surface area (Å²) in [6.45, 7) is 6.29. The number of rotatable bonds is 13. The highest BCUT2D eigenvalue weighted by Gasteiger charge is 2.28. The van der Waals surface area contributed by atoms with E-state index in [1.807, 2.05) is 32.0 Å². The van der Waals surface area contributed by atoms with Crippen molar-refractivity contribution in [2.24, 2.45) is 4.99 Å². The van der Waals surface area contributed by atoms with Crippen LogP contribution in [-0.2, 0) is 11.3 Å². The van der Waals surface area contributed by atoms with Gasteiger partial charge in [0, 0.05) is 38.8 Å². The summed E-state index contributed by atoms with van der Waals surface area (Å²) in [5.74, 6) is 1.43. The number of ether oxygens (including phenoxy) is 2. The van der Waals surface area contributed by atoms with Crippen LogP contribution >= 0.6 is 24.0 Å². The molecule has 0 bridgehead atoms. The number of benzene rings is 1. The summed E-state index contributed by atoms with van der Waals surface area (Å²) in [7, 11) is 3.13. The summed E-state index contributed by atoms with van der Waals surface area (Å²) < 4.78 is 48.1. The fourth-order valence-corrected chi connectivity index (χ4v) is 2.76. The van der Waals surface area contributed by atoms with Gasteiger partial charge in [-0.1, -0.05) is 12.1 Å². The number of halogens is 4. The molecule has 1 aromatic rings. The van der Waals surface area contributed by atoms with Gasteiger partial charge in [0.05, 0.1) is 19.7 Å². The van der Waals surface area contributed by atoms with Crippen LogP contribution in [-0.4, -0.2) is 70.6 Å². The Balaban J connectivity index is 0.00000900. The maximum atomic E-state index is 12.4. The van der Waals surface area contributed by atoms with Crippen LogP contribution in [0.5, 0.6) is 5.75 Å². The van der Waals surface area contributed by atoms with Crippen LogP contribution in [0, 0.1) is 6.92 Å². The van der Waals surface area contributed by atoms with Crippen molar-refractivity contribution in [2.45, 2.75) is 39.4 Å². The monoisotopic (exact) mass is 560 g/mol. The number of methoxy groups -OCH3 is 1. The van der Waals surface area contributed by atoms with Crippen LogP contribution in [0.2, 0.25) is 0 Å². The molecule has 0 aliphatic carbocycles. The van der Waals surface area contributed by atoms with Crippen LogP contribution in [0.1, 0.15) is 30.9 Å². The Morgan fingerprint density at radius 1 is 1.16 bits per heavy atom. The molecule has 0 amide bonds. The number of alkyl halides is 3. The SMILES string of the molecule is CCNC(=NCc1ccc(C)cc1OCCCOC)NCCCN(C)CC(F)(F)F.I. The molecule has 180 valence electrons. The first-order valence-corrected chi connectivity index (χ1v) is 10.2. The van der Waals surface area contributed by atoms with Crippen molar-refractivity contribution in [2.75, 3.05) is 53.6 Å². The van der Waals surface area contributed by atoms with E-state index in [2.05, 4.69) is 15.6 Å². The molecule has 0 fully saturated rings.